The van der Waals surface area contributed by atoms with E-state index in [0.29, 0.717) is 0 Å². The van der Waals surface area contributed by atoms with Gasteiger partial charge < -0.3 is 0 Å². The van der Waals surface area contributed by atoms with Gasteiger partial charge >= 0.3 is 0 Å². The van der Waals surface area contributed by atoms with Gasteiger partial charge in [-0.2, -0.15) is 0 Å². The van der Waals surface area contributed by atoms with Crippen molar-refractivity contribution < 1.29 is 0 Å². The second kappa shape index (κ2) is 13.0. The SMILES string of the molecule is C=C.CCCC(C)C.Cc1ccccc1. The molecule has 0 unspecified atom stereocenters. The molecule has 0 spiro atoms. The summed E-state index contributed by atoms with van der Waals surface area (Å²) in [7, 11) is 0. The smallest absolute Gasteiger partial charge is 0.0398 e. The molecule has 0 aliphatic carbocycles. The van der Waals surface area contributed by atoms with Crippen molar-refractivity contribution in [3.05, 3.63) is 49.1 Å². The topological polar surface area (TPSA) is 0 Å². The van der Waals surface area contributed by atoms with Gasteiger partial charge in [-0.3, -0.25) is 0 Å². The average molecular weight is 206 g/mol. The molecule has 0 heterocycles. The van der Waals surface area contributed by atoms with Crippen molar-refractivity contribution in [2.45, 2.75) is 40.5 Å². The Bertz CT molecular complexity index is 199. The molecule has 86 valence electrons. The minimum absolute atomic E-state index is 0.898. The van der Waals surface area contributed by atoms with Crippen LogP contribution in [0.2, 0.25) is 0 Å². The lowest BCUT2D eigenvalue weighted by atomic mass is 10.1. The molecule has 0 amide bonds. The monoisotopic (exact) mass is 206 g/mol. The molecule has 0 bridgehead atoms. The van der Waals surface area contributed by atoms with Gasteiger partial charge in [0, 0.05) is 0 Å². The summed E-state index contributed by atoms with van der Waals surface area (Å²) in [5, 5.41) is 0. The minimum atomic E-state index is 0.898. The third kappa shape index (κ3) is 15.7. The summed E-state index contributed by atoms with van der Waals surface area (Å²) >= 11 is 0. The highest BCUT2D eigenvalue weighted by Gasteiger charge is 1.85. The lowest BCUT2D eigenvalue weighted by Crippen LogP contribution is -1.81. The van der Waals surface area contributed by atoms with Crippen LogP contribution in [0, 0.1) is 12.8 Å². The van der Waals surface area contributed by atoms with E-state index in [1.54, 1.807) is 0 Å². The Morgan fingerprint density at radius 3 is 1.67 bits per heavy atom. The molecule has 15 heavy (non-hydrogen) atoms. The predicted molar refractivity (Wildman–Crippen MR) is 72.2 cm³/mol. The summed E-state index contributed by atoms with van der Waals surface area (Å²) < 4.78 is 0. The molecule has 1 aromatic carbocycles. The molecule has 0 atom stereocenters. The van der Waals surface area contributed by atoms with Gasteiger partial charge in [0.15, 0.2) is 0 Å². The summed E-state index contributed by atoms with van der Waals surface area (Å²) in [5.41, 5.74) is 1.32. The van der Waals surface area contributed by atoms with Crippen LogP contribution in [0.4, 0.5) is 0 Å². The van der Waals surface area contributed by atoms with Crippen molar-refractivity contribution in [1.29, 1.82) is 0 Å². The van der Waals surface area contributed by atoms with Crippen molar-refractivity contribution in [2.24, 2.45) is 5.92 Å². The van der Waals surface area contributed by atoms with Crippen molar-refractivity contribution >= 4 is 0 Å². The van der Waals surface area contributed by atoms with Crippen molar-refractivity contribution in [3.63, 3.8) is 0 Å². The van der Waals surface area contributed by atoms with Crippen LogP contribution in [0.5, 0.6) is 0 Å². The van der Waals surface area contributed by atoms with Crippen molar-refractivity contribution in [1.82, 2.24) is 0 Å². The van der Waals surface area contributed by atoms with E-state index in [1.807, 2.05) is 18.2 Å². The van der Waals surface area contributed by atoms with Gasteiger partial charge in [-0.05, 0) is 12.8 Å². The third-order valence-electron chi connectivity index (χ3n) is 1.81. The molecule has 0 saturated heterocycles. The molecule has 0 saturated carbocycles. The first-order valence-corrected chi connectivity index (χ1v) is 5.68. The molecule has 0 radical (unpaired) electrons. The predicted octanol–water partition coefficient (Wildman–Crippen LogP) is 5.24. The lowest BCUT2D eigenvalue weighted by Gasteiger charge is -1.95. The van der Waals surface area contributed by atoms with E-state index in [9.17, 15) is 0 Å². The Morgan fingerprint density at radius 2 is 1.53 bits per heavy atom. The maximum absolute atomic E-state index is 3.00. The number of benzene rings is 1. The fourth-order valence-electron chi connectivity index (χ4n) is 1.11. The fourth-order valence-corrected chi connectivity index (χ4v) is 1.11. The Balaban J connectivity index is 0. The first-order valence-electron chi connectivity index (χ1n) is 5.68. The zero-order valence-electron chi connectivity index (χ0n) is 10.8. The van der Waals surface area contributed by atoms with E-state index in [0.717, 1.165) is 5.92 Å². The summed E-state index contributed by atoms with van der Waals surface area (Å²) in [5.74, 6) is 0.898. The molecule has 0 aliphatic rings. The fraction of sp³-hybridized carbons (Fsp3) is 0.467. The molecule has 0 aliphatic heterocycles. The zero-order valence-corrected chi connectivity index (χ0v) is 10.8. The van der Waals surface area contributed by atoms with E-state index >= 15 is 0 Å². The number of rotatable bonds is 2. The second-order valence-electron chi connectivity index (χ2n) is 3.84. The van der Waals surface area contributed by atoms with E-state index in [2.05, 4.69) is 53.0 Å². The molecule has 0 fully saturated rings. The number of aryl methyl sites for hydroxylation is 1. The summed E-state index contributed by atoms with van der Waals surface area (Å²) in [6.45, 7) is 14.8. The number of hydrogen-bond donors (Lipinski definition) is 0. The van der Waals surface area contributed by atoms with E-state index in [1.165, 1.54) is 18.4 Å². The van der Waals surface area contributed by atoms with Crippen LogP contribution < -0.4 is 0 Å². The minimum Gasteiger partial charge on any atom is -0.106 e. The second-order valence-corrected chi connectivity index (χ2v) is 3.84. The molecule has 1 rings (SSSR count). The van der Waals surface area contributed by atoms with Gasteiger partial charge in [0.25, 0.3) is 0 Å². The van der Waals surface area contributed by atoms with Crippen molar-refractivity contribution in [3.8, 4) is 0 Å². The zero-order chi connectivity index (χ0) is 12.1. The molecule has 1 aromatic rings. The van der Waals surface area contributed by atoms with Gasteiger partial charge in [-0.25, -0.2) is 0 Å². The van der Waals surface area contributed by atoms with Gasteiger partial charge in [-0.1, -0.05) is 69.5 Å². The Kier molecular flexibility index (Phi) is 14.2. The van der Waals surface area contributed by atoms with Crippen LogP contribution in [0.25, 0.3) is 0 Å². The van der Waals surface area contributed by atoms with Crippen LogP contribution in [0.1, 0.15) is 39.2 Å². The van der Waals surface area contributed by atoms with E-state index in [4.69, 9.17) is 0 Å². The quantitative estimate of drug-likeness (QED) is 0.580. The van der Waals surface area contributed by atoms with Crippen molar-refractivity contribution in [2.75, 3.05) is 0 Å². The lowest BCUT2D eigenvalue weighted by molar-refractivity contribution is 0.576. The van der Waals surface area contributed by atoms with Gasteiger partial charge in [0.1, 0.15) is 0 Å². The average Bonchev–Trinajstić information content (AvgIpc) is 2.22. The normalized spacial score (nSPS) is 8.33. The van der Waals surface area contributed by atoms with Gasteiger partial charge in [-0.15, -0.1) is 13.2 Å². The van der Waals surface area contributed by atoms with Crippen LogP contribution in [-0.4, -0.2) is 0 Å². The van der Waals surface area contributed by atoms with Crippen LogP contribution >= 0.6 is 0 Å². The first-order chi connectivity index (χ1) is 7.16. The highest BCUT2D eigenvalue weighted by Crippen LogP contribution is 2.00. The molecule has 0 aromatic heterocycles. The first kappa shape index (κ1) is 16.4. The van der Waals surface area contributed by atoms with Crippen LogP contribution in [0.3, 0.4) is 0 Å². The standard InChI is InChI=1S/C7H8.C6H14.C2H4/c1-7-5-3-2-4-6-7;1-4-5-6(2)3;1-2/h2-6H,1H3;6H,4-5H2,1-3H3;1-2H2. The summed E-state index contributed by atoms with van der Waals surface area (Å²) in [6.07, 6.45) is 2.71. The largest absolute Gasteiger partial charge is 0.106 e. The molecule has 0 nitrogen and oxygen atoms in total. The van der Waals surface area contributed by atoms with Crippen LogP contribution in [-0.2, 0) is 0 Å². The highest BCUT2D eigenvalue weighted by molar-refractivity contribution is 5.11. The summed E-state index contributed by atoms with van der Waals surface area (Å²) in [6, 6.07) is 10.3. The number of hydrogen-bond acceptors (Lipinski definition) is 0. The Hall–Kier alpha value is -1.04. The molecule has 0 heteroatoms. The summed E-state index contributed by atoms with van der Waals surface area (Å²) in [4.78, 5) is 0. The third-order valence-corrected chi connectivity index (χ3v) is 1.81. The molecular formula is C15H26. The maximum Gasteiger partial charge on any atom is -0.0398 e. The van der Waals surface area contributed by atoms with Gasteiger partial charge in [0.2, 0.25) is 0 Å². The van der Waals surface area contributed by atoms with E-state index < -0.39 is 0 Å². The Morgan fingerprint density at radius 1 is 1.07 bits per heavy atom. The highest BCUT2D eigenvalue weighted by atomic mass is 13.9. The van der Waals surface area contributed by atoms with E-state index in [-0.39, 0.29) is 0 Å². The van der Waals surface area contributed by atoms with Crippen LogP contribution in [0.15, 0.2) is 43.5 Å². The molecule has 0 N–H and O–H groups in total. The molecular weight excluding hydrogens is 180 g/mol. The maximum atomic E-state index is 3.00. The van der Waals surface area contributed by atoms with Gasteiger partial charge in [0.05, 0.1) is 0 Å². The Labute approximate surface area is 96.0 Å².